The van der Waals surface area contributed by atoms with E-state index in [0.717, 1.165) is 17.5 Å². The van der Waals surface area contributed by atoms with Gasteiger partial charge in [-0.15, -0.1) is 11.3 Å². The Kier molecular flexibility index (Phi) is 7.33. The summed E-state index contributed by atoms with van der Waals surface area (Å²) >= 11 is 0.717. The average Bonchev–Trinajstić information content (AvgIpc) is 3.39. The molecule has 2 aromatic rings. The van der Waals surface area contributed by atoms with Gasteiger partial charge in [-0.1, -0.05) is 0 Å². The van der Waals surface area contributed by atoms with Gasteiger partial charge < -0.3 is 10.2 Å². The van der Waals surface area contributed by atoms with Crippen molar-refractivity contribution in [2.24, 2.45) is 0 Å². The van der Waals surface area contributed by atoms with E-state index in [0.29, 0.717) is 22.3 Å². The molecule has 16 heteroatoms. The van der Waals surface area contributed by atoms with Crippen molar-refractivity contribution in [1.82, 2.24) is 15.2 Å². The fourth-order valence-corrected chi connectivity index (χ4v) is 5.74. The van der Waals surface area contributed by atoms with Crippen molar-refractivity contribution in [2.45, 2.75) is 35.2 Å². The number of benzene rings is 1. The van der Waals surface area contributed by atoms with Crippen LogP contribution in [0.2, 0.25) is 0 Å². The number of alkyl halides is 5. The van der Waals surface area contributed by atoms with Gasteiger partial charge in [-0.05, 0) is 18.2 Å². The lowest BCUT2D eigenvalue weighted by molar-refractivity contribution is -0.138. The van der Waals surface area contributed by atoms with E-state index in [1.807, 2.05) is 0 Å². The first-order valence-corrected chi connectivity index (χ1v) is 12.3. The molecular weight excluding hydrogens is 533 g/mol. The topological polar surface area (TPSA) is 144 Å². The van der Waals surface area contributed by atoms with E-state index in [2.05, 4.69) is 10.3 Å². The molecule has 1 N–H and O–H groups in total. The molecule has 1 saturated heterocycles. The van der Waals surface area contributed by atoms with Crippen LogP contribution in [-0.4, -0.2) is 55.2 Å². The lowest BCUT2D eigenvalue weighted by Gasteiger charge is -2.19. The van der Waals surface area contributed by atoms with Crippen molar-refractivity contribution >= 4 is 33.0 Å². The minimum Gasteiger partial charge on any atom is -0.342 e. The maximum atomic E-state index is 13.5. The van der Waals surface area contributed by atoms with Gasteiger partial charge in [0.1, 0.15) is 22.5 Å². The predicted molar refractivity (Wildman–Crippen MR) is 112 cm³/mol. The first-order valence-electron chi connectivity index (χ1n) is 9.80. The Bertz CT molecular complexity index is 1390. The van der Waals surface area contributed by atoms with Crippen LogP contribution >= 0.6 is 11.3 Å². The lowest BCUT2D eigenvalue weighted by Crippen LogP contribution is -2.43. The van der Waals surface area contributed by atoms with E-state index in [4.69, 9.17) is 10.5 Å². The van der Waals surface area contributed by atoms with Crippen LogP contribution in [0.4, 0.5) is 22.0 Å². The predicted octanol–water partition coefficient (Wildman–Crippen LogP) is 2.50. The minimum absolute atomic E-state index is 0.145. The van der Waals surface area contributed by atoms with E-state index in [1.165, 1.54) is 6.07 Å². The molecule has 1 aromatic heterocycles. The van der Waals surface area contributed by atoms with Crippen molar-refractivity contribution in [3.63, 3.8) is 0 Å². The molecule has 0 saturated carbocycles. The number of likely N-dealkylation sites (tertiary alicyclic amines) is 1. The second-order valence-electron chi connectivity index (χ2n) is 7.61. The molecule has 1 aliphatic heterocycles. The zero-order valence-corrected chi connectivity index (χ0v) is 19.5. The Balaban J connectivity index is 1.68. The first-order chi connectivity index (χ1) is 16.7. The van der Waals surface area contributed by atoms with Crippen molar-refractivity contribution in [2.75, 3.05) is 13.1 Å². The molecular formula is C20H14F5N5O4S2. The summed E-state index contributed by atoms with van der Waals surface area (Å²) in [4.78, 5) is 28.2. The third-order valence-corrected chi connectivity index (χ3v) is 7.67. The van der Waals surface area contributed by atoms with Crippen LogP contribution in [0.5, 0.6) is 0 Å². The van der Waals surface area contributed by atoms with Gasteiger partial charge >= 0.3 is 6.18 Å². The van der Waals surface area contributed by atoms with Crippen LogP contribution < -0.4 is 5.32 Å². The summed E-state index contributed by atoms with van der Waals surface area (Å²) in [6, 6.07) is 3.52. The smallest absolute Gasteiger partial charge is 0.342 e. The highest BCUT2D eigenvalue weighted by Crippen LogP contribution is 2.34. The first kappa shape index (κ1) is 27.0. The summed E-state index contributed by atoms with van der Waals surface area (Å²) < 4.78 is 91.6. The number of carbonyl (C=O) groups excluding carboxylic acids is 2. The number of nitrogens with zero attached hydrogens (tertiary/aromatic N) is 4. The number of nitriles is 2. The molecule has 0 spiro atoms. The maximum Gasteiger partial charge on any atom is 0.417 e. The summed E-state index contributed by atoms with van der Waals surface area (Å²) in [5, 5.41) is 20.9. The summed E-state index contributed by atoms with van der Waals surface area (Å²) in [5.41, 5.74) is -2.47. The highest BCUT2D eigenvalue weighted by Gasteiger charge is 2.47. The number of sulfone groups is 1. The minimum atomic E-state index is -4.96. The van der Waals surface area contributed by atoms with Gasteiger partial charge in [-0.2, -0.15) is 23.7 Å². The molecule has 2 heterocycles. The monoisotopic (exact) mass is 547 g/mol. The molecule has 0 aliphatic carbocycles. The van der Waals surface area contributed by atoms with E-state index in [-0.39, 0.29) is 10.7 Å². The van der Waals surface area contributed by atoms with Crippen LogP contribution in [0.3, 0.4) is 0 Å². The number of halogens is 5. The number of hydrogen-bond acceptors (Lipinski definition) is 8. The van der Waals surface area contributed by atoms with Crippen molar-refractivity contribution in [3.8, 4) is 12.1 Å². The Morgan fingerprint density at radius 3 is 2.58 bits per heavy atom. The van der Waals surface area contributed by atoms with Gasteiger partial charge in [-0.3, -0.25) is 9.59 Å². The van der Waals surface area contributed by atoms with E-state index in [9.17, 15) is 40.0 Å². The van der Waals surface area contributed by atoms with Crippen LogP contribution in [-0.2, 0) is 26.6 Å². The Hall–Kier alpha value is -3.63. The number of thiazole rings is 1. The van der Waals surface area contributed by atoms with Gasteiger partial charge in [0.05, 0.1) is 41.3 Å². The fourth-order valence-electron chi connectivity index (χ4n) is 3.32. The highest BCUT2D eigenvalue weighted by atomic mass is 32.2. The molecule has 36 heavy (non-hydrogen) atoms. The van der Waals surface area contributed by atoms with Gasteiger partial charge in [0.2, 0.25) is 5.91 Å². The van der Waals surface area contributed by atoms with Crippen molar-refractivity contribution in [1.29, 1.82) is 10.5 Å². The SMILES string of the molecule is N#Cc1ccc(S(=O)(=O)Cc2nc(C(=O)NCC(=O)N3CC(F)(F)C[C@H]3C#N)cs2)cc1C(F)(F)F. The number of rotatable bonds is 6. The third-order valence-electron chi connectivity index (χ3n) is 5.01. The third kappa shape index (κ3) is 5.95. The molecule has 1 atom stereocenters. The number of hydrogen-bond donors (Lipinski definition) is 1. The maximum absolute atomic E-state index is 13.5. The highest BCUT2D eigenvalue weighted by molar-refractivity contribution is 7.90. The number of amides is 2. The molecule has 1 fully saturated rings. The van der Waals surface area contributed by atoms with E-state index >= 15 is 0 Å². The second kappa shape index (κ2) is 9.79. The summed E-state index contributed by atoms with van der Waals surface area (Å²) in [6.45, 7) is -1.69. The zero-order chi connectivity index (χ0) is 26.9. The summed E-state index contributed by atoms with van der Waals surface area (Å²) in [7, 11) is -4.35. The Labute approximate surface area is 204 Å². The molecule has 0 radical (unpaired) electrons. The number of aromatic nitrogens is 1. The normalized spacial score (nSPS) is 17.3. The van der Waals surface area contributed by atoms with Gasteiger partial charge in [0.25, 0.3) is 11.8 Å². The van der Waals surface area contributed by atoms with Crippen molar-refractivity contribution < 1.29 is 40.0 Å². The molecule has 0 unspecified atom stereocenters. The van der Waals surface area contributed by atoms with Gasteiger partial charge in [0.15, 0.2) is 9.84 Å². The molecule has 9 nitrogen and oxygen atoms in total. The molecule has 0 bridgehead atoms. The fraction of sp³-hybridized carbons (Fsp3) is 0.350. The standard InChI is InChI=1S/C20H14F5N5O4S2/c21-19(22)4-12(6-27)30(10-19)17(31)7-28-18(32)15-8-35-16(29-15)9-36(33,34)13-2-1-11(5-26)14(3-13)20(23,24)25/h1-3,8,12H,4,7,9-10H2,(H,28,32)/t12-/m0/s1. The van der Waals surface area contributed by atoms with Gasteiger partial charge in [-0.25, -0.2) is 22.2 Å². The van der Waals surface area contributed by atoms with Crippen LogP contribution in [0.25, 0.3) is 0 Å². The Morgan fingerprint density at radius 2 is 1.97 bits per heavy atom. The quantitative estimate of drug-likeness (QED) is 0.547. The second-order valence-corrected chi connectivity index (χ2v) is 10.5. The van der Waals surface area contributed by atoms with Crippen LogP contribution in [0, 0.1) is 22.7 Å². The van der Waals surface area contributed by atoms with Crippen molar-refractivity contribution in [3.05, 3.63) is 45.4 Å². The number of nitrogens with one attached hydrogen (secondary N) is 1. The zero-order valence-electron chi connectivity index (χ0n) is 17.8. The molecule has 1 aromatic carbocycles. The molecule has 1 aliphatic rings. The summed E-state index contributed by atoms with van der Waals surface area (Å²) in [6.07, 6.45) is -5.78. The van der Waals surface area contributed by atoms with Gasteiger partial charge in [0, 0.05) is 11.8 Å². The van der Waals surface area contributed by atoms with Crippen LogP contribution in [0.15, 0.2) is 28.5 Å². The van der Waals surface area contributed by atoms with E-state index < -0.39 is 81.1 Å². The largest absolute Gasteiger partial charge is 0.417 e. The van der Waals surface area contributed by atoms with E-state index in [1.54, 1.807) is 6.07 Å². The molecule has 3 rings (SSSR count). The molecule has 2 amide bonds. The Morgan fingerprint density at radius 1 is 1.28 bits per heavy atom. The number of carbonyl (C=O) groups is 2. The summed E-state index contributed by atoms with van der Waals surface area (Å²) in [5.74, 6) is -5.93. The molecule has 190 valence electrons. The lowest BCUT2D eigenvalue weighted by atomic mass is 10.1. The average molecular weight is 547 g/mol. The van der Waals surface area contributed by atoms with Crippen LogP contribution in [0.1, 0.15) is 33.0 Å².